The van der Waals surface area contributed by atoms with Crippen molar-refractivity contribution in [3.05, 3.63) is 55.6 Å². The van der Waals surface area contributed by atoms with E-state index in [1.165, 1.54) is 6.42 Å². The molecule has 4 fully saturated rings. The van der Waals surface area contributed by atoms with Gasteiger partial charge < -0.3 is 24.5 Å². The van der Waals surface area contributed by atoms with E-state index >= 15 is 0 Å². The van der Waals surface area contributed by atoms with Crippen LogP contribution in [0.5, 0.6) is 0 Å². The average Bonchev–Trinajstić information content (AvgIpc) is 3.51. The molecule has 1 aromatic carbocycles. The van der Waals surface area contributed by atoms with Gasteiger partial charge in [-0.3, -0.25) is 14.4 Å². The summed E-state index contributed by atoms with van der Waals surface area (Å²) in [6.45, 7) is 12.9. The van der Waals surface area contributed by atoms with Crippen LogP contribution in [-0.2, 0) is 19.1 Å². The lowest BCUT2D eigenvalue weighted by atomic mass is 9.62. The smallest absolute Gasteiger partial charge is 0.248 e. The summed E-state index contributed by atoms with van der Waals surface area (Å²) in [7, 11) is 0. The molecule has 8 nitrogen and oxygen atoms in total. The fourth-order valence-corrected chi connectivity index (χ4v) is 8.36. The summed E-state index contributed by atoms with van der Waals surface area (Å²) in [4.78, 5) is 49.1. The predicted molar refractivity (Wildman–Crippen MR) is 163 cm³/mol. The molecule has 1 aromatic rings. The molecule has 3 saturated heterocycles. The zero-order chi connectivity index (χ0) is 30.1. The Morgan fingerprint density at radius 1 is 1.07 bits per heavy atom. The lowest BCUT2D eigenvalue weighted by Gasteiger charge is -2.41. The highest BCUT2D eigenvalue weighted by atomic mass is 16.5. The van der Waals surface area contributed by atoms with E-state index in [2.05, 4.69) is 20.1 Å². The number of carbonyl (C=O) groups is 3. The molecule has 3 amide bonds. The third kappa shape index (κ3) is 4.90. The number of amides is 3. The topological polar surface area (TPSA) is 90.4 Å². The highest BCUT2D eigenvalue weighted by Crippen LogP contribution is 2.65. The molecule has 0 radical (unpaired) electrons. The SMILES string of the molecule is C=CCN(C(=O)[C@@H]1[C@H]2C(=O)N(CCCCO)C(C(=O)N(CC=C)C3CCCCC3)C23CC(C)[C@@]1(C)O3)c1ccccc1. The van der Waals surface area contributed by atoms with Gasteiger partial charge in [0.15, 0.2) is 0 Å². The van der Waals surface area contributed by atoms with Gasteiger partial charge >= 0.3 is 0 Å². The minimum atomic E-state index is -1.09. The molecule has 8 heteroatoms. The van der Waals surface area contributed by atoms with Crippen LogP contribution in [0.25, 0.3) is 0 Å². The second kappa shape index (κ2) is 12.3. The summed E-state index contributed by atoms with van der Waals surface area (Å²) in [5.41, 5.74) is -1.25. The number of unbranched alkanes of at least 4 members (excludes halogenated alkanes) is 1. The largest absolute Gasteiger partial charge is 0.396 e. The highest BCUT2D eigenvalue weighted by Gasteiger charge is 2.80. The zero-order valence-corrected chi connectivity index (χ0v) is 25.2. The quantitative estimate of drug-likeness (QED) is 0.295. The van der Waals surface area contributed by atoms with Crippen molar-refractivity contribution in [1.82, 2.24) is 9.80 Å². The minimum Gasteiger partial charge on any atom is -0.396 e. The van der Waals surface area contributed by atoms with Gasteiger partial charge in [0.05, 0.1) is 17.4 Å². The first-order valence-electron chi connectivity index (χ1n) is 15.7. The van der Waals surface area contributed by atoms with Crippen molar-refractivity contribution in [3.63, 3.8) is 0 Å². The van der Waals surface area contributed by atoms with Gasteiger partial charge in [0.25, 0.3) is 0 Å². The summed E-state index contributed by atoms with van der Waals surface area (Å²) >= 11 is 0. The maximum Gasteiger partial charge on any atom is 0.248 e. The minimum absolute atomic E-state index is 0.0141. The molecular formula is C34H47N3O5. The number of hydrogen-bond donors (Lipinski definition) is 1. The summed E-state index contributed by atoms with van der Waals surface area (Å²) < 4.78 is 6.98. The van der Waals surface area contributed by atoms with Crippen LogP contribution in [0.2, 0.25) is 0 Å². The lowest BCUT2D eigenvalue weighted by molar-refractivity contribution is -0.154. The van der Waals surface area contributed by atoms with Crippen molar-refractivity contribution in [2.75, 3.05) is 31.1 Å². The van der Waals surface area contributed by atoms with Crippen LogP contribution >= 0.6 is 0 Å². The van der Waals surface area contributed by atoms with E-state index in [0.29, 0.717) is 38.9 Å². The Hall–Kier alpha value is -2.97. The Balaban J connectivity index is 1.58. The number of carbonyl (C=O) groups excluding carboxylic acids is 3. The van der Waals surface area contributed by atoms with E-state index in [-0.39, 0.29) is 36.3 Å². The second-order valence-electron chi connectivity index (χ2n) is 12.8. The molecule has 4 aliphatic rings. The number of anilines is 1. The molecule has 0 aromatic heterocycles. The fourth-order valence-electron chi connectivity index (χ4n) is 8.36. The molecule has 3 heterocycles. The van der Waals surface area contributed by atoms with E-state index in [1.807, 2.05) is 42.2 Å². The molecule has 2 bridgehead atoms. The van der Waals surface area contributed by atoms with E-state index in [9.17, 15) is 19.5 Å². The standard InChI is InChI=1S/C34H47N3O5/c1-5-19-35(25-15-9-7-10-16-25)30(39)27-28-31(40)37(21-13-14-22-38)29(34(28)23-24(3)33(27,4)42-34)32(41)36(20-6-2)26-17-11-8-12-18-26/h5-7,9-10,15-16,24,26-29,38H,1-2,8,11-14,17-23H2,3-4H3/t24?,27-,28-,29?,33+,34?/m0/s1. The van der Waals surface area contributed by atoms with Crippen molar-refractivity contribution >= 4 is 23.4 Å². The Labute approximate surface area is 250 Å². The van der Waals surface area contributed by atoms with Crippen LogP contribution in [0.1, 0.15) is 65.2 Å². The Morgan fingerprint density at radius 2 is 1.76 bits per heavy atom. The summed E-state index contributed by atoms with van der Waals surface area (Å²) in [5.74, 6) is -2.00. The number of benzene rings is 1. The van der Waals surface area contributed by atoms with Crippen molar-refractivity contribution in [2.45, 2.75) is 88.5 Å². The van der Waals surface area contributed by atoms with Gasteiger partial charge in [-0.15, -0.1) is 13.2 Å². The van der Waals surface area contributed by atoms with Crippen LogP contribution < -0.4 is 4.90 Å². The third-order valence-corrected chi connectivity index (χ3v) is 10.4. The Morgan fingerprint density at radius 3 is 2.40 bits per heavy atom. The van der Waals surface area contributed by atoms with Gasteiger partial charge in [-0.05, 0) is 57.1 Å². The molecule has 228 valence electrons. The van der Waals surface area contributed by atoms with Crippen molar-refractivity contribution < 1.29 is 24.2 Å². The number of aliphatic hydroxyl groups is 1. The maximum atomic E-state index is 14.7. The van der Waals surface area contributed by atoms with Crippen LogP contribution in [0.3, 0.4) is 0 Å². The Bertz CT molecular complexity index is 1180. The molecule has 6 atom stereocenters. The first-order valence-corrected chi connectivity index (χ1v) is 15.7. The summed E-state index contributed by atoms with van der Waals surface area (Å²) in [6, 6.07) is 8.73. The molecule has 5 rings (SSSR count). The van der Waals surface area contributed by atoms with Gasteiger partial charge in [0.2, 0.25) is 17.7 Å². The first kappa shape index (κ1) is 30.5. The van der Waals surface area contributed by atoms with E-state index in [1.54, 1.807) is 22.0 Å². The predicted octanol–water partition coefficient (Wildman–Crippen LogP) is 4.34. The molecule has 1 spiro atoms. The molecule has 1 aliphatic carbocycles. The van der Waals surface area contributed by atoms with Crippen molar-refractivity contribution in [1.29, 1.82) is 0 Å². The number of hydrogen-bond acceptors (Lipinski definition) is 5. The van der Waals surface area contributed by atoms with Crippen molar-refractivity contribution in [2.24, 2.45) is 17.8 Å². The monoisotopic (exact) mass is 577 g/mol. The zero-order valence-electron chi connectivity index (χ0n) is 25.2. The molecule has 3 aliphatic heterocycles. The van der Waals surface area contributed by atoms with Gasteiger partial charge in [-0.25, -0.2) is 0 Å². The van der Waals surface area contributed by atoms with Crippen LogP contribution in [-0.4, -0.2) is 82.2 Å². The number of ether oxygens (including phenoxy) is 1. The van der Waals surface area contributed by atoms with Gasteiger partial charge in [-0.2, -0.15) is 0 Å². The number of aliphatic hydroxyl groups excluding tert-OH is 1. The number of nitrogens with zero attached hydrogens (tertiary/aromatic N) is 3. The summed E-state index contributed by atoms with van der Waals surface area (Å²) in [5, 5.41) is 9.51. The number of likely N-dealkylation sites (tertiary alicyclic amines) is 1. The molecule has 3 unspecified atom stereocenters. The maximum absolute atomic E-state index is 14.7. The van der Waals surface area contributed by atoms with Gasteiger partial charge in [0, 0.05) is 38.0 Å². The molecule has 1 saturated carbocycles. The lowest BCUT2D eigenvalue weighted by Crippen LogP contribution is -2.58. The Kier molecular flexibility index (Phi) is 8.95. The molecular weight excluding hydrogens is 530 g/mol. The summed E-state index contributed by atoms with van der Waals surface area (Å²) in [6.07, 6.45) is 10.3. The first-order chi connectivity index (χ1) is 20.2. The van der Waals surface area contributed by atoms with Crippen molar-refractivity contribution in [3.8, 4) is 0 Å². The number of para-hydroxylation sites is 1. The third-order valence-electron chi connectivity index (χ3n) is 10.4. The van der Waals surface area contributed by atoms with E-state index < -0.39 is 29.1 Å². The van der Waals surface area contributed by atoms with Gasteiger partial charge in [-0.1, -0.05) is 56.5 Å². The van der Waals surface area contributed by atoms with E-state index in [0.717, 1.165) is 31.4 Å². The fraction of sp³-hybridized carbons (Fsp3) is 0.618. The normalized spacial score (nSPS) is 32.1. The van der Waals surface area contributed by atoms with E-state index in [4.69, 9.17) is 4.74 Å². The molecule has 1 N–H and O–H groups in total. The van der Waals surface area contributed by atoms with Crippen LogP contribution in [0.4, 0.5) is 5.69 Å². The molecule has 42 heavy (non-hydrogen) atoms. The number of rotatable bonds is 12. The highest BCUT2D eigenvalue weighted by molar-refractivity contribution is 6.03. The number of fused-ring (bicyclic) bond motifs is 1. The second-order valence-corrected chi connectivity index (χ2v) is 12.8. The van der Waals surface area contributed by atoms with Crippen LogP contribution in [0.15, 0.2) is 55.6 Å². The van der Waals surface area contributed by atoms with Crippen LogP contribution in [0, 0.1) is 17.8 Å². The average molecular weight is 578 g/mol. The van der Waals surface area contributed by atoms with Gasteiger partial charge in [0.1, 0.15) is 11.6 Å².